The Labute approximate surface area is 93.0 Å². The molecule has 0 saturated carbocycles. The number of nitrogens with one attached hydrogen (secondary N) is 1. The van der Waals surface area contributed by atoms with Crippen molar-refractivity contribution in [2.75, 3.05) is 13.7 Å². The third-order valence-corrected chi connectivity index (χ3v) is 2.48. The van der Waals surface area contributed by atoms with Crippen LogP contribution in [0.25, 0.3) is 0 Å². The number of carbonyl (C=O) groups is 1. The third kappa shape index (κ3) is 2.69. The van der Waals surface area contributed by atoms with E-state index in [2.05, 4.69) is 5.32 Å². The van der Waals surface area contributed by atoms with E-state index in [1.807, 2.05) is 0 Å². The molecule has 0 unspecified atom stereocenters. The first-order valence-electron chi connectivity index (χ1n) is 4.93. The Bertz CT molecular complexity index is 246. The minimum absolute atomic E-state index is 0.371. The fourth-order valence-electron chi connectivity index (χ4n) is 1.67. The van der Waals surface area contributed by atoms with Gasteiger partial charge in [0.25, 0.3) is 0 Å². The predicted octanol–water partition coefficient (Wildman–Crippen LogP) is -2.42. The van der Waals surface area contributed by atoms with Gasteiger partial charge in [-0.15, -0.1) is 0 Å². The molecule has 1 aliphatic rings. The van der Waals surface area contributed by atoms with Crippen LogP contribution >= 0.6 is 0 Å². The van der Waals surface area contributed by atoms with Crippen LogP contribution in [0.2, 0.25) is 0 Å². The lowest BCUT2D eigenvalue weighted by atomic mass is 9.98. The summed E-state index contributed by atoms with van der Waals surface area (Å²) >= 11 is 0. The topological polar surface area (TPSA) is 108 Å². The van der Waals surface area contributed by atoms with E-state index in [9.17, 15) is 15.0 Å². The van der Waals surface area contributed by atoms with Crippen LogP contribution in [0.3, 0.4) is 0 Å². The van der Waals surface area contributed by atoms with Crippen molar-refractivity contribution in [1.82, 2.24) is 5.32 Å². The number of hydrogen-bond donors (Lipinski definition) is 4. The highest BCUT2D eigenvalue weighted by atomic mass is 16.7. The van der Waals surface area contributed by atoms with Crippen molar-refractivity contribution in [3.05, 3.63) is 0 Å². The van der Waals surface area contributed by atoms with Gasteiger partial charge in [0.05, 0.1) is 6.61 Å². The summed E-state index contributed by atoms with van der Waals surface area (Å²) in [6.45, 7) is 0.842. The van der Waals surface area contributed by atoms with Gasteiger partial charge in [0.2, 0.25) is 5.91 Å². The highest BCUT2D eigenvalue weighted by Gasteiger charge is 2.44. The SMILES string of the molecule is CC(=O)[15NH][C@H]1[C@H](O[13CH3])O[C@H](CO)[C@@H](O)[C@@H]1O. The van der Waals surface area contributed by atoms with Gasteiger partial charge in [-0.1, -0.05) is 0 Å². The standard InChI is InChI=1S/C9H17NO6/c1-4(12)10-6-8(14)7(13)5(3-11)16-9(6)15-2/h5-9,11,13-14H,3H2,1-2H3,(H,10,12)/t5-,6-,7-,8-,9-/m1/s1/i2+1,10+1. The van der Waals surface area contributed by atoms with Gasteiger partial charge in [0, 0.05) is 14.0 Å². The van der Waals surface area contributed by atoms with Crippen LogP contribution in [0.5, 0.6) is 0 Å². The van der Waals surface area contributed by atoms with Gasteiger partial charge < -0.3 is 30.1 Å². The third-order valence-electron chi connectivity index (χ3n) is 2.48. The van der Waals surface area contributed by atoms with Gasteiger partial charge in [-0.3, -0.25) is 4.79 Å². The fourth-order valence-corrected chi connectivity index (χ4v) is 1.67. The fraction of sp³-hybridized carbons (Fsp3) is 0.889. The van der Waals surface area contributed by atoms with Crippen molar-refractivity contribution >= 4 is 5.91 Å². The summed E-state index contributed by atoms with van der Waals surface area (Å²) in [6, 6.07) is -0.861. The second-order valence-electron chi connectivity index (χ2n) is 3.67. The van der Waals surface area contributed by atoms with Crippen LogP contribution in [0.4, 0.5) is 0 Å². The van der Waals surface area contributed by atoms with Crippen LogP contribution in [0, 0.1) is 0 Å². The zero-order valence-corrected chi connectivity index (χ0v) is 9.16. The van der Waals surface area contributed by atoms with Crippen molar-refractivity contribution in [2.45, 2.75) is 37.6 Å². The zero-order chi connectivity index (χ0) is 12.3. The lowest BCUT2D eigenvalue weighted by molar-refractivity contribution is -0.262. The Kier molecular flexibility index (Phi) is 4.63. The molecule has 4 N–H and O–H groups in total. The van der Waals surface area contributed by atoms with Crippen LogP contribution in [-0.2, 0) is 14.3 Å². The molecule has 1 rings (SSSR count). The van der Waals surface area contributed by atoms with Gasteiger partial charge in [-0.25, -0.2) is 0 Å². The Hall–Kier alpha value is -0.730. The molecular formula is C9H17NO6. The molecule has 0 aromatic carbocycles. The molecule has 0 aromatic heterocycles. The molecule has 0 radical (unpaired) electrons. The summed E-state index contributed by atoms with van der Waals surface area (Å²) in [6.07, 6.45) is -4.35. The first-order chi connectivity index (χ1) is 7.51. The number of amides is 1. The summed E-state index contributed by atoms with van der Waals surface area (Å²) < 4.78 is 10.1. The zero-order valence-electron chi connectivity index (χ0n) is 9.16. The molecule has 1 amide bonds. The normalized spacial score (nSPS) is 39.4. The summed E-state index contributed by atoms with van der Waals surface area (Å²) in [5.41, 5.74) is 0. The molecule has 16 heavy (non-hydrogen) atoms. The highest BCUT2D eigenvalue weighted by Crippen LogP contribution is 2.21. The van der Waals surface area contributed by atoms with Crippen LogP contribution in [0.1, 0.15) is 6.92 Å². The molecule has 0 aromatic rings. The smallest absolute Gasteiger partial charge is 0.217 e. The molecule has 1 fully saturated rings. The highest BCUT2D eigenvalue weighted by molar-refractivity contribution is 5.73. The molecular weight excluding hydrogens is 220 g/mol. The van der Waals surface area contributed by atoms with Crippen molar-refractivity contribution in [1.29, 1.82) is 0 Å². The summed E-state index contributed by atoms with van der Waals surface area (Å²) in [5, 5.41) is 30.7. The summed E-state index contributed by atoms with van der Waals surface area (Å²) in [7, 11) is 1.35. The van der Waals surface area contributed by atoms with E-state index >= 15 is 0 Å². The summed E-state index contributed by atoms with van der Waals surface area (Å²) in [5.74, 6) is -0.371. The number of carbonyl (C=O) groups excluding carboxylic acids is 1. The van der Waals surface area contributed by atoms with Gasteiger partial charge in [-0.2, -0.15) is 0 Å². The minimum Gasteiger partial charge on any atom is -0.394 e. The van der Waals surface area contributed by atoms with Crippen LogP contribution in [-0.4, -0.2) is 65.6 Å². The lowest BCUT2D eigenvalue weighted by Gasteiger charge is -2.41. The number of methoxy groups -OCH3 is 1. The molecule has 1 heterocycles. The van der Waals surface area contributed by atoms with E-state index in [0.29, 0.717) is 0 Å². The number of aliphatic hydroxyl groups is 3. The number of ether oxygens (including phenoxy) is 2. The Morgan fingerprint density at radius 3 is 2.50 bits per heavy atom. The van der Waals surface area contributed by atoms with Gasteiger partial charge in [0.15, 0.2) is 6.29 Å². The van der Waals surface area contributed by atoms with E-state index in [1.165, 1.54) is 14.0 Å². The Morgan fingerprint density at radius 1 is 1.44 bits per heavy atom. The number of aliphatic hydroxyl groups excluding tert-OH is 3. The molecule has 7 heteroatoms. The molecule has 0 bridgehead atoms. The van der Waals surface area contributed by atoms with Gasteiger partial charge in [0.1, 0.15) is 24.4 Å². The maximum absolute atomic E-state index is 10.9. The van der Waals surface area contributed by atoms with Crippen molar-refractivity contribution in [3.8, 4) is 0 Å². The number of rotatable bonds is 3. The van der Waals surface area contributed by atoms with E-state index in [-0.39, 0.29) is 5.91 Å². The average Bonchev–Trinajstić information content (AvgIpc) is 2.25. The van der Waals surface area contributed by atoms with E-state index < -0.39 is 37.3 Å². The minimum atomic E-state index is -1.27. The Morgan fingerprint density at radius 2 is 2.06 bits per heavy atom. The van der Waals surface area contributed by atoms with E-state index in [0.717, 1.165) is 0 Å². The molecule has 0 aliphatic carbocycles. The monoisotopic (exact) mass is 237 g/mol. The lowest BCUT2D eigenvalue weighted by Crippen LogP contribution is -2.64. The maximum atomic E-state index is 10.9. The molecule has 1 saturated heterocycles. The molecule has 1 aliphatic heterocycles. The van der Waals surface area contributed by atoms with Gasteiger partial charge >= 0.3 is 0 Å². The quantitative estimate of drug-likeness (QED) is 0.321. The van der Waals surface area contributed by atoms with Crippen LogP contribution in [0.15, 0.2) is 0 Å². The molecule has 0 spiro atoms. The van der Waals surface area contributed by atoms with Gasteiger partial charge in [-0.05, 0) is 0 Å². The van der Waals surface area contributed by atoms with Crippen LogP contribution < -0.4 is 5.32 Å². The largest absolute Gasteiger partial charge is 0.394 e. The second kappa shape index (κ2) is 5.55. The predicted molar refractivity (Wildman–Crippen MR) is 52.4 cm³/mol. The molecule has 5 atom stereocenters. The number of hydrogen-bond acceptors (Lipinski definition) is 6. The Balaban J connectivity index is 2.77. The first kappa shape index (κ1) is 13.3. The summed E-state index contributed by atoms with van der Waals surface area (Å²) in [4.78, 5) is 10.9. The first-order valence-corrected chi connectivity index (χ1v) is 4.93. The maximum Gasteiger partial charge on any atom is 0.217 e. The van der Waals surface area contributed by atoms with Crippen molar-refractivity contribution in [2.24, 2.45) is 0 Å². The average molecular weight is 237 g/mol. The van der Waals surface area contributed by atoms with Crippen molar-refractivity contribution < 1.29 is 29.6 Å². The van der Waals surface area contributed by atoms with E-state index in [4.69, 9.17) is 14.6 Å². The second-order valence-corrected chi connectivity index (χ2v) is 3.67. The van der Waals surface area contributed by atoms with Crippen molar-refractivity contribution in [3.63, 3.8) is 0 Å². The molecule has 7 nitrogen and oxygen atoms in total. The van der Waals surface area contributed by atoms with E-state index in [1.54, 1.807) is 0 Å². The molecule has 94 valence electrons.